The Balaban J connectivity index is 2.32. The summed E-state index contributed by atoms with van der Waals surface area (Å²) in [6.07, 6.45) is -4.09. The first-order valence-corrected chi connectivity index (χ1v) is 8.07. The Labute approximate surface area is 142 Å². The predicted octanol–water partition coefficient (Wildman–Crippen LogP) is -0.644. The van der Waals surface area contributed by atoms with Gasteiger partial charge in [-0.15, -0.1) is 0 Å². The highest BCUT2D eigenvalue weighted by molar-refractivity contribution is 7.99. The summed E-state index contributed by atoms with van der Waals surface area (Å²) in [4.78, 5) is 15.6. The van der Waals surface area contributed by atoms with E-state index in [9.17, 15) is 30.5 Å². The molecule has 0 radical (unpaired) electrons. The third-order valence-electron chi connectivity index (χ3n) is 3.87. The molecule has 0 saturated carbocycles. The van der Waals surface area contributed by atoms with Crippen LogP contribution in [0.15, 0.2) is 11.2 Å². The van der Waals surface area contributed by atoms with Crippen LogP contribution in [0.5, 0.6) is 0 Å². The molecule has 4 N–H and O–H groups in total. The Bertz CT molecular complexity index is 675. The third kappa shape index (κ3) is 3.44. The smallest absolute Gasteiger partial charge is 0.161 e. The fraction of sp³-hybridized carbons (Fsp3) is 0.533. The van der Waals surface area contributed by atoms with E-state index in [1.54, 1.807) is 6.92 Å². The summed E-state index contributed by atoms with van der Waals surface area (Å²) >= 11 is 0.884. The van der Waals surface area contributed by atoms with Crippen molar-refractivity contribution in [2.24, 2.45) is 0 Å². The number of carbonyl (C=O) groups excluding carboxylic acids is 1. The zero-order valence-corrected chi connectivity index (χ0v) is 13.9. The number of aliphatic hydroxyl groups excluding tert-OH is 4. The molecular formula is C15H18N2O6S. The van der Waals surface area contributed by atoms with E-state index in [1.807, 2.05) is 6.07 Å². The van der Waals surface area contributed by atoms with E-state index in [-0.39, 0.29) is 16.4 Å². The number of nitrogens with zero attached hydrogens (tertiary/aromatic N) is 2. The molecule has 9 heteroatoms. The second-order valence-corrected chi connectivity index (χ2v) is 6.55. The molecule has 1 aliphatic rings. The highest BCUT2D eigenvalue weighted by atomic mass is 32.2. The minimum Gasteiger partial charge on any atom is -0.394 e. The lowest BCUT2D eigenvalue weighted by Crippen LogP contribution is -2.57. The quantitative estimate of drug-likeness (QED) is 0.519. The van der Waals surface area contributed by atoms with Gasteiger partial charge in [0.15, 0.2) is 5.78 Å². The number of ketones is 1. The minimum absolute atomic E-state index is 0.171. The lowest BCUT2D eigenvalue weighted by molar-refractivity contribution is -0.205. The van der Waals surface area contributed by atoms with Gasteiger partial charge in [0.25, 0.3) is 0 Å². The van der Waals surface area contributed by atoms with Crippen molar-refractivity contribution >= 4 is 17.5 Å². The van der Waals surface area contributed by atoms with Gasteiger partial charge in [0, 0.05) is 11.8 Å². The average molecular weight is 354 g/mol. The molecule has 130 valence electrons. The van der Waals surface area contributed by atoms with Gasteiger partial charge in [0.2, 0.25) is 0 Å². The summed E-state index contributed by atoms with van der Waals surface area (Å²) < 4.78 is 5.39. The van der Waals surface area contributed by atoms with Crippen LogP contribution in [0, 0.1) is 18.3 Å². The predicted molar refractivity (Wildman–Crippen MR) is 83.3 cm³/mol. The van der Waals surface area contributed by atoms with Gasteiger partial charge < -0.3 is 25.2 Å². The normalized spacial score (nSPS) is 30.0. The molecule has 0 unspecified atom stereocenters. The van der Waals surface area contributed by atoms with Crippen molar-refractivity contribution in [1.29, 1.82) is 5.26 Å². The van der Waals surface area contributed by atoms with Crippen molar-refractivity contribution in [3.8, 4) is 6.07 Å². The maximum absolute atomic E-state index is 11.5. The van der Waals surface area contributed by atoms with Gasteiger partial charge in [-0.3, -0.25) is 4.79 Å². The fourth-order valence-electron chi connectivity index (χ4n) is 2.43. The van der Waals surface area contributed by atoms with Crippen LogP contribution in [0.3, 0.4) is 0 Å². The van der Waals surface area contributed by atoms with Crippen molar-refractivity contribution in [1.82, 2.24) is 4.98 Å². The standard InChI is InChI=1S/C15H18N2O6S/c1-6-8(3-16)14(17-4-9(6)7(2)19)24-15-13(22)12(21)11(20)10(5-18)23-15/h4,10-13,15,18,20-22H,5H2,1-2H3/t10-,11+,12+,13-,15+/m1/s1. The van der Waals surface area contributed by atoms with Gasteiger partial charge in [-0.05, 0) is 19.4 Å². The molecule has 1 aromatic heterocycles. The Morgan fingerprint density at radius 3 is 2.58 bits per heavy atom. The third-order valence-corrected chi connectivity index (χ3v) is 5.03. The molecule has 5 atom stereocenters. The molecule has 1 fully saturated rings. The fourth-order valence-corrected chi connectivity index (χ4v) is 3.58. The molecule has 0 aromatic carbocycles. The first-order chi connectivity index (χ1) is 11.3. The van der Waals surface area contributed by atoms with Crippen LogP contribution in [-0.2, 0) is 4.74 Å². The first-order valence-electron chi connectivity index (χ1n) is 7.19. The molecule has 2 rings (SSSR count). The number of rotatable bonds is 4. The summed E-state index contributed by atoms with van der Waals surface area (Å²) in [7, 11) is 0. The Kier molecular flexibility index (Phi) is 5.92. The highest BCUT2D eigenvalue weighted by Gasteiger charge is 2.44. The number of thioether (sulfide) groups is 1. The molecule has 0 amide bonds. The lowest BCUT2D eigenvalue weighted by Gasteiger charge is -2.39. The zero-order chi connectivity index (χ0) is 18.0. The van der Waals surface area contributed by atoms with Crippen LogP contribution in [-0.4, -0.2) is 67.7 Å². The van der Waals surface area contributed by atoms with Gasteiger partial charge in [0.1, 0.15) is 40.9 Å². The average Bonchev–Trinajstić information content (AvgIpc) is 2.55. The number of aromatic nitrogens is 1. The van der Waals surface area contributed by atoms with Crippen molar-refractivity contribution in [2.75, 3.05) is 6.61 Å². The van der Waals surface area contributed by atoms with E-state index in [2.05, 4.69) is 4.98 Å². The van der Waals surface area contributed by atoms with Crippen molar-refractivity contribution < 1.29 is 30.0 Å². The van der Waals surface area contributed by atoms with E-state index in [0.29, 0.717) is 11.1 Å². The number of pyridine rings is 1. The molecule has 2 heterocycles. The molecular weight excluding hydrogens is 336 g/mol. The second-order valence-electron chi connectivity index (χ2n) is 5.46. The monoisotopic (exact) mass is 354 g/mol. The summed E-state index contributed by atoms with van der Waals surface area (Å²) in [6.45, 7) is 2.45. The van der Waals surface area contributed by atoms with Crippen LogP contribution in [0.1, 0.15) is 28.4 Å². The number of hydrogen-bond acceptors (Lipinski definition) is 9. The van der Waals surface area contributed by atoms with Crippen LogP contribution >= 0.6 is 11.8 Å². The number of Topliss-reactive ketones (excluding diaryl/α,β-unsaturated/α-hetero) is 1. The number of nitriles is 1. The summed E-state index contributed by atoms with van der Waals surface area (Å²) in [5, 5.41) is 48.4. The summed E-state index contributed by atoms with van der Waals surface area (Å²) in [5.41, 5.74) is -0.0795. The molecule has 1 aromatic rings. The maximum atomic E-state index is 11.5. The molecule has 0 bridgehead atoms. The number of carbonyl (C=O) groups is 1. The van der Waals surface area contributed by atoms with Crippen molar-refractivity contribution in [2.45, 2.75) is 48.7 Å². The molecule has 8 nitrogen and oxygen atoms in total. The van der Waals surface area contributed by atoms with Gasteiger partial charge in [0.05, 0.1) is 12.2 Å². The Morgan fingerprint density at radius 2 is 2.04 bits per heavy atom. The van der Waals surface area contributed by atoms with Crippen molar-refractivity contribution in [3.63, 3.8) is 0 Å². The second kappa shape index (κ2) is 7.57. The van der Waals surface area contributed by atoms with E-state index in [4.69, 9.17) is 4.74 Å². The summed E-state index contributed by atoms with van der Waals surface area (Å²) in [5.74, 6) is -0.221. The van der Waals surface area contributed by atoms with E-state index < -0.39 is 36.5 Å². The summed E-state index contributed by atoms with van der Waals surface area (Å²) in [6, 6.07) is 1.97. The molecule has 0 aliphatic carbocycles. The van der Waals surface area contributed by atoms with E-state index in [1.165, 1.54) is 13.1 Å². The lowest BCUT2D eigenvalue weighted by atomic mass is 10.0. The molecule has 1 saturated heterocycles. The van der Waals surface area contributed by atoms with Crippen LogP contribution < -0.4 is 0 Å². The van der Waals surface area contributed by atoms with E-state index in [0.717, 1.165) is 11.8 Å². The Hall–Kier alpha value is -1.54. The van der Waals surface area contributed by atoms with E-state index >= 15 is 0 Å². The molecule has 1 aliphatic heterocycles. The van der Waals surface area contributed by atoms with Crippen LogP contribution in [0.25, 0.3) is 0 Å². The van der Waals surface area contributed by atoms with Gasteiger partial charge in [-0.1, -0.05) is 11.8 Å². The number of hydrogen-bond donors (Lipinski definition) is 4. The maximum Gasteiger partial charge on any atom is 0.161 e. The van der Waals surface area contributed by atoms with Crippen LogP contribution in [0.2, 0.25) is 0 Å². The number of ether oxygens (including phenoxy) is 1. The zero-order valence-electron chi connectivity index (χ0n) is 13.1. The topological polar surface area (TPSA) is 144 Å². The Morgan fingerprint density at radius 1 is 1.38 bits per heavy atom. The highest BCUT2D eigenvalue weighted by Crippen LogP contribution is 2.35. The van der Waals surface area contributed by atoms with Gasteiger partial charge in [-0.25, -0.2) is 4.98 Å². The molecule has 24 heavy (non-hydrogen) atoms. The van der Waals surface area contributed by atoms with Crippen LogP contribution in [0.4, 0.5) is 0 Å². The van der Waals surface area contributed by atoms with Crippen molar-refractivity contribution in [3.05, 3.63) is 22.9 Å². The first kappa shape index (κ1) is 18.8. The SMILES string of the molecule is CC(=O)c1cnc(S[C@@H]2O[C@H](CO)[C@H](O)[C@H](O)[C@H]2O)c(C#N)c1C. The van der Waals surface area contributed by atoms with Gasteiger partial charge >= 0.3 is 0 Å². The molecule has 0 spiro atoms. The minimum atomic E-state index is -1.50. The number of aliphatic hydroxyl groups is 4. The largest absolute Gasteiger partial charge is 0.394 e. The van der Waals surface area contributed by atoms with Gasteiger partial charge in [-0.2, -0.15) is 5.26 Å².